The highest BCUT2D eigenvalue weighted by Gasteiger charge is 2.25. The molecule has 2 atom stereocenters. The van der Waals surface area contributed by atoms with Gasteiger partial charge in [0.25, 0.3) is 5.56 Å². The van der Waals surface area contributed by atoms with E-state index in [9.17, 15) is 4.79 Å². The first kappa shape index (κ1) is 18.5. The van der Waals surface area contributed by atoms with E-state index in [1.165, 1.54) is 6.07 Å². The topological polar surface area (TPSA) is 99.2 Å². The van der Waals surface area contributed by atoms with Crippen LogP contribution in [0.3, 0.4) is 0 Å². The fourth-order valence-corrected chi connectivity index (χ4v) is 3.59. The number of fused-ring (bicyclic) bond motifs is 1. The molecule has 3 aromatic heterocycles. The van der Waals surface area contributed by atoms with Crippen LogP contribution in [0.5, 0.6) is 0 Å². The highest BCUT2D eigenvalue weighted by molar-refractivity contribution is 5.80. The number of nitrogens with zero attached hydrogens (tertiary/aromatic N) is 5. The van der Waals surface area contributed by atoms with E-state index >= 15 is 0 Å². The SMILES string of the molecule is C[C@@H]1CN(c2nc(-c3ccc4cnc(CN)cc4n3)cc(=O)n2C)C[C@H](C)O1. The molecule has 3 aromatic rings. The molecule has 2 N–H and O–H groups in total. The van der Waals surface area contributed by atoms with Crippen molar-refractivity contribution in [1.82, 2.24) is 19.5 Å². The molecule has 0 aromatic carbocycles. The van der Waals surface area contributed by atoms with Crippen molar-refractivity contribution in [1.29, 1.82) is 0 Å². The molecule has 4 rings (SSSR count). The van der Waals surface area contributed by atoms with Gasteiger partial charge >= 0.3 is 0 Å². The van der Waals surface area contributed by atoms with Crippen LogP contribution < -0.4 is 16.2 Å². The molecule has 0 spiro atoms. The molecule has 0 saturated carbocycles. The lowest BCUT2D eigenvalue weighted by molar-refractivity contribution is -0.00592. The molecule has 146 valence electrons. The van der Waals surface area contributed by atoms with Crippen LogP contribution in [0.25, 0.3) is 22.3 Å². The largest absolute Gasteiger partial charge is 0.372 e. The Morgan fingerprint density at radius 1 is 1.14 bits per heavy atom. The van der Waals surface area contributed by atoms with E-state index in [-0.39, 0.29) is 17.8 Å². The molecule has 0 radical (unpaired) electrons. The second-order valence-corrected chi connectivity index (χ2v) is 7.27. The fraction of sp³-hybridized carbons (Fsp3) is 0.400. The number of morpholine rings is 1. The molecular formula is C20H24N6O2. The van der Waals surface area contributed by atoms with E-state index in [0.29, 0.717) is 37.0 Å². The average molecular weight is 380 g/mol. The molecule has 8 heteroatoms. The summed E-state index contributed by atoms with van der Waals surface area (Å²) in [6.45, 7) is 5.77. The molecular weight excluding hydrogens is 356 g/mol. The van der Waals surface area contributed by atoms with Crippen molar-refractivity contribution in [2.75, 3.05) is 18.0 Å². The van der Waals surface area contributed by atoms with Gasteiger partial charge in [0.1, 0.15) is 0 Å². The van der Waals surface area contributed by atoms with Gasteiger partial charge in [-0.3, -0.25) is 14.3 Å². The summed E-state index contributed by atoms with van der Waals surface area (Å²) in [6, 6.07) is 7.19. The Kier molecular flexibility index (Phi) is 4.82. The van der Waals surface area contributed by atoms with Gasteiger partial charge in [0.2, 0.25) is 5.95 Å². The molecule has 0 unspecified atom stereocenters. The number of ether oxygens (including phenoxy) is 1. The Bertz CT molecular complexity index is 1070. The van der Waals surface area contributed by atoms with Crippen LogP contribution in [-0.4, -0.2) is 44.8 Å². The maximum absolute atomic E-state index is 12.6. The second kappa shape index (κ2) is 7.29. The number of anilines is 1. The molecule has 1 fully saturated rings. The maximum Gasteiger partial charge on any atom is 0.255 e. The lowest BCUT2D eigenvalue weighted by atomic mass is 10.2. The quantitative estimate of drug-likeness (QED) is 0.734. The van der Waals surface area contributed by atoms with Crippen LogP contribution in [-0.2, 0) is 18.3 Å². The summed E-state index contributed by atoms with van der Waals surface area (Å²) in [4.78, 5) is 28.5. The summed E-state index contributed by atoms with van der Waals surface area (Å²) in [6.07, 6.45) is 1.91. The van der Waals surface area contributed by atoms with Crippen LogP contribution >= 0.6 is 0 Å². The average Bonchev–Trinajstić information content (AvgIpc) is 2.68. The minimum atomic E-state index is -0.119. The number of hydrogen-bond donors (Lipinski definition) is 1. The molecule has 1 saturated heterocycles. The normalized spacial score (nSPS) is 19.9. The van der Waals surface area contributed by atoms with Crippen molar-refractivity contribution in [3.05, 3.63) is 46.5 Å². The third-order valence-electron chi connectivity index (χ3n) is 4.92. The van der Waals surface area contributed by atoms with E-state index in [1.807, 2.05) is 32.0 Å². The Labute approximate surface area is 163 Å². The predicted octanol–water partition coefficient (Wildman–Crippen LogP) is 1.46. The molecule has 1 aliphatic heterocycles. The van der Waals surface area contributed by atoms with Crippen molar-refractivity contribution in [3.63, 3.8) is 0 Å². The second-order valence-electron chi connectivity index (χ2n) is 7.27. The fourth-order valence-electron chi connectivity index (χ4n) is 3.59. The summed E-state index contributed by atoms with van der Waals surface area (Å²) < 4.78 is 7.38. The summed E-state index contributed by atoms with van der Waals surface area (Å²) >= 11 is 0. The zero-order valence-electron chi connectivity index (χ0n) is 16.3. The number of nitrogens with two attached hydrogens (primary N) is 1. The molecule has 8 nitrogen and oxygen atoms in total. The minimum absolute atomic E-state index is 0.0743. The zero-order valence-corrected chi connectivity index (χ0v) is 16.3. The highest BCUT2D eigenvalue weighted by atomic mass is 16.5. The van der Waals surface area contributed by atoms with Crippen molar-refractivity contribution in [3.8, 4) is 11.4 Å². The highest BCUT2D eigenvalue weighted by Crippen LogP contribution is 2.22. The Balaban J connectivity index is 1.79. The van der Waals surface area contributed by atoms with Gasteiger partial charge in [0.05, 0.1) is 34.8 Å². The van der Waals surface area contributed by atoms with Gasteiger partial charge in [-0.25, -0.2) is 9.97 Å². The van der Waals surface area contributed by atoms with E-state index in [1.54, 1.807) is 17.8 Å². The monoisotopic (exact) mass is 380 g/mol. The van der Waals surface area contributed by atoms with Crippen LogP contribution in [0.4, 0.5) is 5.95 Å². The summed E-state index contributed by atoms with van der Waals surface area (Å²) in [5, 5.41) is 0.917. The van der Waals surface area contributed by atoms with E-state index in [4.69, 9.17) is 20.4 Å². The Morgan fingerprint density at radius 2 is 1.89 bits per heavy atom. The predicted molar refractivity (Wildman–Crippen MR) is 108 cm³/mol. The Morgan fingerprint density at radius 3 is 2.61 bits per heavy atom. The van der Waals surface area contributed by atoms with Gasteiger partial charge in [-0.15, -0.1) is 0 Å². The van der Waals surface area contributed by atoms with E-state index < -0.39 is 0 Å². The molecule has 4 heterocycles. The lowest BCUT2D eigenvalue weighted by Gasteiger charge is -2.36. The molecule has 0 bridgehead atoms. The number of rotatable bonds is 3. The Hall–Kier alpha value is -2.84. The van der Waals surface area contributed by atoms with Gasteiger partial charge in [-0.1, -0.05) is 0 Å². The summed E-state index contributed by atoms with van der Waals surface area (Å²) in [7, 11) is 1.74. The molecule has 28 heavy (non-hydrogen) atoms. The van der Waals surface area contributed by atoms with Crippen molar-refractivity contribution < 1.29 is 4.74 Å². The van der Waals surface area contributed by atoms with Crippen LogP contribution in [0, 0.1) is 0 Å². The van der Waals surface area contributed by atoms with Crippen molar-refractivity contribution >= 4 is 16.9 Å². The van der Waals surface area contributed by atoms with Crippen LogP contribution in [0.1, 0.15) is 19.5 Å². The first-order chi connectivity index (χ1) is 13.4. The number of hydrogen-bond acceptors (Lipinski definition) is 7. The van der Waals surface area contributed by atoms with Gasteiger partial charge in [-0.05, 0) is 32.0 Å². The molecule has 0 amide bonds. The minimum Gasteiger partial charge on any atom is -0.372 e. The first-order valence-corrected chi connectivity index (χ1v) is 9.39. The van der Waals surface area contributed by atoms with Crippen molar-refractivity contribution in [2.45, 2.75) is 32.6 Å². The molecule has 1 aliphatic rings. The third-order valence-corrected chi connectivity index (χ3v) is 4.92. The standard InChI is InChI=1S/C20H24N6O2/c1-12-10-26(11-13(2)28-12)20-24-18(7-19(27)25(20)3)16-5-4-14-9-22-15(8-21)6-17(14)23-16/h4-7,9,12-13H,8,10-11,21H2,1-3H3/t12-,13+. The van der Waals surface area contributed by atoms with Gasteiger partial charge in [0.15, 0.2) is 0 Å². The third kappa shape index (κ3) is 3.48. The summed E-state index contributed by atoms with van der Waals surface area (Å²) in [5.41, 5.74) is 8.32. The van der Waals surface area contributed by atoms with Crippen LogP contribution in [0.2, 0.25) is 0 Å². The zero-order chi connectivity index (χ0) is 19.8. The molecule has 0 aliphatic carbocycles. The maximum atomic E-state index is 12.6. The van der Waals surface area contributed by atoms with Gasteiger partial charge < -0.3 is 15.4 Å². The van der Waals surface area contributed by atoms with E-state index in [0.717, 1.165) is 16.6 Å². The first-order valence-electron chi connectivity index (χ1n) is 9.39. The van der Waals surface area contributed by atoms with Crippen molar-refractivity contribution in [2.24, 2.45) is 12.8 Å². The lowest BCUT2D eigenvalue weighted by Crippen LogP contribution is -2.47. The van der Waals surface area contributed by atoms with Gasteiger partial charge in [0, 0.05) is 44.3 Å². The smallest absolute Gasteiger partial charge is 0.255 e. The number of pyridine rings is 2. The van der Waals surface area contributed by atoms with E-state index in [2.05, 4.69) is 9.88 Å². The number of aromatic nitrogens is 4. The van der Waals surface area contributed by atoms with Crippen LogP contribution in [0.15, 0.2) is 35.3 Å². The summed E-state index contributed by atoms with van der Waals surface area (Å²) in [5.74, 6) is 0.628. The van der Waals surface area contributed by atoms with Gasteiger partial charge in [-0.2, -0.15) is 0 Å².